The van der Waals surface area contributed by atoms with E-state index in [4.69, 9.17) is 0 Å². The van der Waals surface area contributed by atoms with Crippen LogP contribution in [0.5, 0.6) is 0 Å². The Morgan fingerprint density at radius 1 is 1.38 bits per heavy atom. The van der Waals surface area contributed by atoms with Gasteiger partial charge in [-0.3, -0.25) is 0 Å². The van der Waals surface area contributed by atoms with Crippen molar-refractivity contribution in [3.8, 4) is 0 Å². The molecule has 0 aromatic rings. The zero-order valence-electron chi connectivity index (χ0n) is 8.55. The standard InChI is InChI=1S/C11H21NO/c1-11(5-6-11)4-2-3-9-7-12-8-10(9)13/h9-10,12-13H,2-8H2,1H3. The normalized spacial score (nSPS) is 36.5. The Balaban J connectivity index is 1.62. The van der Waals surface area contributed by atoms with Crippen molar-refractivity contribution >= 4 is 0 Å². The first-order chi connectivity index (χ1) is 6.20. The predicted octanol–water partition coefficient (Wildman–Crippen LogP) is 1.54. The summed E-state index contributed by atoms with van der Waals surface area (Å²) in [7, 11) is 0. The van der Waals surface area contributed by atoms with Gasteiger partial charge < -0.3 is 10.4 Å². The van der Waals surface area contributed by atoms with E-state index in [-0.39, 0.29) is 6.10 Å². The van der Waals surface area contributed by atoms with Crippen molar-refractivity contribution in [1.82, 2.24) is 5.32 Å². The van der Waals surface area contributed by atoms with E-state index in [1.807, 2.05) is 0 Å². The smallest absolute Gasteiger partial charge is 0.0704 e. The Hall–Kier alpha value is -0.0800. The number of rotatable bonds is 4. The Morgan fingerprint density at radius 2 is 2.15 bits per heavy atom. The molecule has 2 nitrogen and oxygen atoms in total. The number of aliphatic hydroxyl groups is 1. The predicted molar refractivity (Wildman–Crippen MR) is 53.6 cm³/mol. The van der Waals surface area contributed by atoms with Crippen molar-refractivity contribution in [1.29, 1.82) is 0 Å². The van der Waals surface area contributed by atoms with Crippen LogP contribution in [0.3, 0.4) is 0 Å². The molecule has 1 saturated heterocycles. The van der Waals surface area contributed by atoms with E-state index in [0.717, 1.165) is 13.1 Å². The molecule has 1 aliphatic heterocycles. The Bertz CT molecular complexity index is 177. The highest BCUT2D eigenvalue weighted by Gasteiger charge is 2.36. The minimum Gasteiger partial charge on any atom is -0.391 e. The highest BCUT2D eigenvalue weighted by atomic mass is 16.3. The van der Waals surface area contributed by atoms with Gasteiger partial charge in [0, 0.05) is 13.1 Å². The topological polar surface area (TPSA) is 32.3 Å². The van der Waals surface area contributed by atoms with Crippen LogP contribution in [0, 0.1) is 11.3 Å². The molecule has 0 spiro atoms. The Kier molecular flexibility index (Phi) is 2.61. The summed E-state index contributed by atoms with van der Waals surface area (Å²) in [5.74, 6) is 0.530. The van der Waals surface area contributed by atoms with Gasteiger partial charge in [-0.15, -0.1) is 0 Å². The van der Waals surface area contributed by atoms with Crippen LogP contribution in [0.2, 0.25) is 0 Å². The second kappa shape index (κ2) is 3.58. The average Bonchev–Trinajstić information content (AvgIpc) is 2.68. The number of nitrogens with one attached hydrogen (secondary N) is 1. The molecule has 1 saturated carbocycles. The summed E-state index contributed by atoms with van der Waals surface area (Å²) < 4.78 is 0. The second-order valence-corrected chi connectivity index (χ2v) is 5.19. The van der Waals surface area contributed by atoms with Crippen LogP contribution in [-0.4, -0.2) is 24.3 Å². The first-order valence-corrected chi connectivity index (χ1v) is 5.58. The lowest BCUT2D eigenvalue weighted by molar-refractivity contribution is 0.140. The molecule has 2 fully saturated rings. The van der Waals surface area contributed by atoms with Crippen LogP contribution < -0.4 is 5.32 Å². The summed E-state index contributed by atoms with van der Waals surface area (Å²) in [6.45, 7) is 4.22. The molecule has 2 rings (SSSR count). The molecule has 76 valence electrons. The third-order valence-corrected chi connectivity index (χ3v) is 3.76. The van der Waals surface area contributed by atoms with E-state index in [1.165, 1.54) is 32.1 Å². The fraction of sp³-hybridized carbons (Fsp3) is 1.00. The first kappa shape index (κ1) is 9.47. The Morgan fingerprint density at radius 3 is 2.69 bits per heavy atom. The summed E-state index contributed by atoms with van der Waals surface area (Å²) in [6.07, 6.45) is 6.67. The summed E-state index contributed by atoms with van der Waals surface area (Å²) >= 11 is 0. The summed E-state index contributed by atoms with van der Waals surface area (Å²) in [5, 5.41) is 12.8. The zero-order valence-corrected chi connectivity index (χ0v) is 8.55. The van der Waals surface area contributed by atoms with E-state index in [2.05, 4.69) is 12.2 Å². The van der Waals surface area contributed by atoms with Gasteiger partial charge in [-0.2, -0.15) is 0 Å². The lowest BCUT2D eigenvalue weighted by Gasteiger charge is -2.14. The van der Waals surface area contributed by atoms with Gasteiger partial charge >= 0.3 is 0 Å². The van der Waals surface area contributed by atoms with Gasteiger partial charge in [0.2, 0.25) is 0 Å². The molecule has 0 bridgehead atoms. The molecule has 2 aliphatic rings. The first-order valence-electron chi connectivity index (χ1n) is 5.58. The van der Waals surface area contributed by atoms with Crippen LogP contribution in [0.15, 0.2) is 0 Å². The average molecular weight is 183 g/mol. The molecule has 2 atom stereocenters. The van der Waals surface area contributed by atoms with Crippen molar-refractivity contribution in [3.63, 3.8) is 0 Å². The van der Waals surface area contributed by atoms with Gasteiger partial charge in [-0.25, -0.2) is 0 Å². The molecule has 0 aromatic heterocycles. The van der Waals surface area contributed by atoms with Crippen LogP contribution in [0.4, 0.5) is 0 Å². The molecule has 0 radical (unpaired) electrons. The van der Waals surface area contributed by atoms with Crippen LogP contribution in [0.1, 0.15) is 39.0 Å². The second-order valence-electron chi connectivity index (χ2n) is 5.19. The molecule has 2 heteroatoms. The van der Waals surface area contributed by atoms with E-state index >= 15 is 0 Å². The molecule has 2 N–H and O–H groups in total. The Labute approximate surface area is 80.7 Å². The number of hydrogen-bond acceptors (Lipinski definition) is 2. The minimum atomic E-state index is -0.0768. The number of aliphatic hydroxyl groups excluding tert-OH is 1. The number of β-amino-alcohol motifs (C(OH)–C–C–N with tert-alkyl or cyclic N) is 1. The fourth-order valence-corrected chi connectivity index (χ4v) is 2.27. The lowest BCUT2D eigenvalue weighted by atomic mass is 9.94. The third-order valence-electron chi connectivity index (χ3n) is 3.76. The highest BCUT2D eigenvalue weighted by Crippen LogP contribution is 2.49. The van der Waals surface area contributed by atoms with Crippen molar-refractivity contribution in [2.24, 2.45) is 11.3 Å². The maximum atomic E-state index is 9.57. The highest BCUT2D eigenvalue weighted by molar-refractivity contribution is 4.89. The van der Waals surface area contributed by atoms with Crippen molar-refractivity contribution < 1.29 is 5.11 Å². The van der Waals surface area contributed by atoms with Crippen molar-refractivity contribution in [3.05, 3.63) is 0 Å². The molecule has 2 unspecified atom stereocenters. The molecular formula is C11H21NO. The summed E-state index contributed by atoms with van der Waals surface area (Å²) in [4.78, 5) is 0. The molecular weight excluding hydrogens is 162 g/mol. The summed E-state index contributed by atoms with van der Waals surface area (Å²) in [6, 6.07) is 0. The van der Waals surface area contributed by atoms with Crippen molar-refractivity contribution in [2.45, 2.75) is 45.1 Å². The molecule has 13 heavy (non-hydrogen) atoms. The molecule has 0 aromatic carbocycles. The SMILES string of the molecule is CC1(CCCC2CNCC2O)CC1. The molecule has 1 heterocycles. The van der Waals surface area contributed by atoms with Gasteiger partial charge in [0.1, 0.15) is 0 Å². The maximum absolute atomic E-state index is 9.57. The van der Waals surface area contributed by atoms with Gasteiger partial charge in [-0.05, 0) is 37.0 Å². The van der Waals surface area contributed by atoms with Crippen LogP contribution in [-0.2, 0) is 0 Å². The van der Waals surface area contributed by atoms with E-state index < -0.39 is 0 Å². The van der Waals surface area contributed by atoms with E-state index in [1.54, 1.807) is 0 Å². The van der Waals surface area contributed by atoms with Crippen molar-refractivity contribution in [2.75, 3.05) is 13.1 Å². The van der Waals surface area contributed by atoms with Gasteiger partial charge in [-0.1, -0.05) is 13.3 Å². The lowest BCUT2D eigenvalue weighted by Crippen LogP contribution is -2.17. The van der Waals surface area contributed by atoms with Crippen LogP contribution in [0.25, 0.3) is 0 Å². The van der Waals surface area contributed by atoms with Gasteiger partial charge in [0.15, 0.2) is 0 Å². The maximum Gasteiger partial charge on any atom is 0.0704 e. The van der Waals surface area contributed by atoms with Crippen LogP contribution >= 0.6 is 0 Å². The quantitative estimate of drug-likeness (QED) is 0.693. The third kappa shape index (κ3) is 2.44. The largest absolute Gasteiger partial charge is 0.391 e. The minimum absolute atomic E-state index is 0.0768. The fourth-order valence-electron chi connectivity index (χ4n) is 2.27. The van der Waals surface area contributed by atoms with E-state index in [9.17, 15) is 5.11 Å². The number of hydrogen-bond donors (Lipinski definition) is 2. The zero-order chi connectivity index (χ0) is 9.31. The monoisotopic (exact) mass is 183 g/mol. The molecule has 0 amide bonds. The summed E-state index contributed by atoms with van der Waals surface area (Å²) in [5.41, 5.74) is 0.691. The van der Waals surface area contributed by atoms with Gasteiger partial charge in [0.05, 0.1) is 6.10 Å². The molecule has 1 aliphatic carbocycles. The van der Waals surface area contributed by atoms with E-state index in [0.29, 0.717) is 11.3 Å². The van der Waals surface area contributed by atoms with Gasteiger partial charge in [0.25, 0.3) is 0 Å².